The molecule has 9 heteroatoms. The summed E-state index contributed by atoms with van der Waals surface area (Å²) in [5, 5.41) is 10.0. The van der Waals surface area contributed by atoms with Crippen LogP contribution in [0.1, 0.15) is 0 Å². The number of anilines is 1. The maximum Gasteiger partial charge on any atom is 0.233 e. The monoisotopic (exact) mass is 490 g/mol. The summed E-state index contributed by atoms with van der Waals surface area (Å²) >= 11 is 7.89. The molecule has 0 N–H and O–H groups in total. The van der Waals surface area contributed by atoms with Crippen LogP contribution in [0.25, 0.3) is 17.1 Å². The van der Waals surface area contributed by atoms with Gasteiger partial charge in [-0.3, -0.25) is 14.3 Å². The molecule has 172 valence electrons. The molecule has 0 radical (unpaired) electrons. The molecule has 2 aromatic heterocycles. The highest BCUT2D eigenvalue weighted by Crippen LogP contribution is 2.31. The van der Waals surface area contributed by atoms with Gasteiger partial charge in [0.25, 0.3) is 0 Å². The van der Waals surface area contributed by atoms with E-state index in [0.29, 0.717) is 29.1 Å². The fourth-order valence-electron chi connectivity index (χ4n) is 3.97. The first-order valence-electron chi connectivity index (χ1n) is 11.0. The maximum absolute atomic E-state index is 13.0. The number of carbonyl (C=O) groups is 1. The third-order valence-corrected chi connectivity index (χ3v) is 6.98. The van der Waals surface area contributed by atoms with E-state index >= 15 is 0 Å². The van der Waals surface area contributed by atoms with Crippen molar-refractivity contribution in [2.45, 2.75) is 5.16 Å². The fraction of sp³-hybridized carbons (Fsp3) is 0.200. The lowest BCUT2D eigenvalue weighted by Gasteiger charge is -2.36. The van der Waals surface area contributed by atoms with Crippen molar-refractivity contribution in [3.8, 4) is 17.1 Å². The fourth-order valence-corrected chi connectivity index (χ4v) is 5.04. The summed E-state index contributed by atoms with van der Waals surface area (Å²) in [6.45, 7) is 3.05. The van der Waals surface area contributed by atoms with E-state index in [-0.39, 0.29) is 11.7 Å². The summed E-state index contributed by atoms with van der Waals surface area (Å²) in [4.78, 5) is 21.3. The minimum absolute atomic E-state index is 0.0943. The Hall–Kier alpha value is -3.36. The SMILES string of the molecule is O=C(CSc1nnc(-c2ccncc2)n1-c1ccccc1Cl)N1CCN(c2ccccc2)CC1. The Morgan fingerprint density at radius 3 is 2.32 bits per heavy atom. The Morgan fingerprint density at radius 1 is 0.882 bits per heavy atom. The van der Waals surface area contributed by atoms with Crippen molar-refractivity contribution in [3.05, 3.63) is 84.1 Å². The van der Waals surface area contributed by atoms with Crippen molar-refractivity contribution >= 4 is 35.0 Å². The average Bonchev–Trinajstić information content (AvgIpc) is 3.32. The predicted octanol–water partition coefficient (Wildman–Crippen LogP) is 4.42. The smallest absolute Gasteiger partial charge is 0.233 e. The quantitative estimate of drug-likeness (QED) is 0.373. The van der Waals surface area contributed by atoms with Crippen LogP contribution in [0.15, 0.2) is 84.3 Å². The first-order chi connectivity index (χ1) is 16.7. The number of rotatable bonds is 6. The number of hydrogen-bond acceptors (Lipinski definition) is 6. The number of aromatic nitrogens is 4. The van der Waals surface area contributed by atoms with Crippen molar-refractivity contribution in [3.63, 3.8) is 0 Å². The van der Waals surface area contributed by atoms with Crippen LogP contribution in [-0.4, -0.2) is 62.5 Å². The van der Waals surface area contributed by atoms with Crippen LogP contribution in [0.2, 0.25) is 5.02 Å². The van der Waals surface area contributed by atoms with Gasteiger partial charge in [-0.25, -0.2) is 0 Å². The van der Waals surface area contributed by atoms with Gasteiger partial charge in [-0.15, -0.1) is 10.2 Å². The largest absolute Gasteiger partial charge is 0.368 e. The van der Waals surface area contributed by atoms with Gasteiger partial charge in [-0.2, -0.15) is 0 Å². The minimum atomic E-state index is 0.0943. The lowest BCUT2D eigenvalue weighted by Crippen LogP contribution is -2.49. The Labute approximate surface area is 207 Å². The second-order valence-electron chi connectivity index (χ2n) is 7.82. The molecule has 0 aliphatic carbocycles. The normalized spacial score (nSPS) is 13.8. The number of benzene rings is 2. The Balaban J connectivity index is 1.31. The number of carbonyl (C=O) groups excluding carboxylic acids is 1. The van der Waals surface area contributed by atoms with Gasteiger partial charge in [-0.1, -0.05) is 53.7 Å². The van der Waals surface area contributed by atoms with E-state index in [0.717, 1.165) is 24.3 Å². The summed E-state index contributed by atoms with van der Waals surface area (Å²) in [6.07, 6.45) is 3.43. The summed E-state index contributed by atoms with van der Waals surface area (Å²) in [5.41, 5.74) is 2.84. The average molecular weight is 491 g/mol. The molecule has 1 aliphatic rings. The first kappa shape index (κ1) is 22.4. The van der Waals surface area contributed by atoms with E-state index in [1.165, 1.54) is 17.4 Å². The molecule has 0 bridgehead atoms. The van der Waals surface area contributed by atoms with E-state index in [1.54, 1.807) is 12.4 Å². The van der Waals surface area contributed by atoms with Gasteiger partial charge in [0.15, 0.2) is 11.0 Å². The highest BCUT2D eigenvalue weighted by atomic mass is 35.5. The standard InChI is InChI=1S/C25H23ClN6OS/c26-21-8-4-5-9-22(21)32-24(19-10-12-27-13-11-19)28-29-25(32)34-18-23(33)31-16-14-30(15-17-31)20-6-2-1-3-7-20/h1-13H,14-18H2. The molecule has 5 rings (SSSR count). The van der Waals surface area contributed by atoms with E-state index in [9.17, 15) is 4.79 Å². The lowest BCUT2D eigenvalue weighted by atomic mass is 10.2. The van der Waals surface area contributed by atoms with Crippen molar-refractivity contribution in [1.29, 1.82) is 0 Å². The van der Waals surface area contributed by atoms with Crippen LogP contribution >= 0.6 is 23.4 Å². The molecular weight excluding hydrogens is 468 g/mol. The molecular formula is C25H23ClN6OS. The molecule has 1 amide bonds. The summed E-state index contributed by atoms with van der Waals surface area (Å²) < 4.78 is 1.91. The van der Waals surface area contributed by atoms with Gasteiger partial charge in [-0.05, 0) is 36.4 Å². The molecule has 0 unspecified atom stereocenters. The minimum Gasteiger partial charge on any atom is -0.368 e. The Kier molecular flexibility index (Phi) is 6.78. The van der Waals surface area contributed by atoms with Crippen LogP contribution < -0.4 is 4.90 Å². The van der Waals surface area contributed by atoms with Crippen molar-refractivity contribution in [2.75, 3.05) is 36.8 Å². The molecule has 34 heavy (non-hydrogen) atoms. The molecule has 0 saturated carbocycles. The van der Waals surface area contributed by atoms with Crippen LogP contribution in [0.5, 0.6) is 0 Å². The molecule has 0 spiro atoms. The molecule has 2 aromatic carbocycles. The Bertz CT molecular complexity index is 1260. The van der Waals surface area contributed by atoms with Gasteiger partial charge < -0.3 is 9.80 Å². The molecule has 7 nitrogen and oxygen atoms in total. The first-order valence-corrected chi connectivity index (χ1v) is 12.4. The van der Waals surface area contributed by atoms with Crippen molar-refractivity contribution in [1.82, 2.24) is 24.6 Å². The number of pyridine rings is 1. The number of amides is 1. The molecule has 1 fully saturated rings. The van der Waals surface area contributed by atoms with Gasteiger partial charge in [0, 0.05) is 49.8 Å². The number of thioether (sulfide) groups is 1. The third kappa shape index (κ3) is 4.78. The van der Waals surface area contributed by atoms with Crippen LogP contribution in [0, 0.1) is 0 Å². The highest BCUT2D eigenvalue weighted by molar-refractivity contribution is 7.99. The zero-order valence-corrected chi connectivity index (χ0v) is 20.0. The summed E-state index contributed by atoms with van der Waals surface area (Å²) in [6, 6.07) is 21.6. The summed E-state index contributed by atoms with van der Waals surface area (Å²) in [7, 11) is 0. The molecule has 0 atom stereocenters. The number of para-hydroxylation sites is 2. The van der Waals surface area contributed by atoms with E-state index in [1.807, 2.05) is 64.1 Å². The molecule has 4 aromatic rings. The second-order valence-corrected chi connectivity index (χ2v) is 9.17. The van der Waals surface area contributed by atoms with Crippen LogP contribution in [-0.2, 0) is 4.79 Å². The number of hydrogen-bond donors (Lipinski definition) is 0. The molecule has 1 saturated heterocycles. The maximum atomic E-state index is 13.0. The van der Waals surface area contributed by atoms with Gasteiger partial charge in [0.1, 0.15) is 0 Å². The summed E-state index contributed by atoms with van der Waals surface area (Å²) in [5.74, 6) is 1.03. The third-order valence-electron chi connectivity index (χ3n) is 5.74. The van der Waals surface area contributed by atoms with Gasteiger partial charge in [0.05, 0.1) is 16.5 Å². The number of halogens is 1. The number of nitrogens with zero attached hydrogens (tertiary/aromatic N) is 6. The second kappa shape index (κ2) is 10.3. The predicted molar refractivity (Wildman–Crippen MR) is 136 cm³/mol. The number of piperazine rings is 1. The molecule has 3 heterocycles. The van der Waals surface area contributed by atoms with E-state index in [2.05, 4.69) is 32.2 Å². The van der Waals surface area contributed by atoms with Crippen LogP contribution in [0.4, 0.5) is 5.69 Å². The van der Waals surface area contributed by atoms with E-state index < -0.39 is 0 Å². The topological polar surface area (TPSA) is 67.2 Å². The van der Waals surface area contributed by atoms with Gasteiger partial charge in [0.2, 0.25) is 5.91 Å². The highest BCUT2D eigenvalue weighted by Gasteiger charge is 2.23. The van der Waals surface area contributed by atoms with Gasteiger partial charge >= 0.3 is 0 Å². The van der Waals surface area contributed by atoms with E-state index in [4.69, 9.17) is 11.6 Å². The molecule has 1 aliphatic heterocycles. The van der Waals surface area contributed by atoms with Crippen molar-refractivity contribution < 1.29 is 4.79 Å². The zero-order valence-electron chi connectivity index (χ0n) is 18.4. The van der Waals surface area contributed by atoms with Crippen molar-refractivity contribution in [2.24, 2.45) is 0 Å². The lowest BCUT2D eigenvalue weighted by molar-refractivity contribution is -0.128. The Morgan fingerprint density at radius 2 is 1.59 bits per heavy atom. The van der Waals surface area contributed by atoms with Crippen LogP contribution in [0.3, 0.4) is 0 Å². The zero-order chi connectivity index (χ0) is 23.3.